The number of aromatic nitrogens is 2. The van der Waals surface area contributed by atoms with Crippen LogP contribution in [0.25, 0.3) is 0 Å². The fourth-order valence-electron chi connectivity index (χ4n) is 3.04. The number of hydrogen-bond donors (Lipinski definition) is 1. The summed E-state index contributed by atoms with van der Waals surface area (Å²) in [6, 6.07) is 7.45. The van der Waals surface area contributed by atoms with Gasteiger partial charge >= 0.3 is 0 Å². The van der Waals surface area contributed by atoms with Crippen molar-refractivity contribution in [2.24, 2.45) is 4.99 Å². The maximum absolute atomic E-state index is 12.6. The monoisotopic (exact) mass is 534 g/mol. The fraction of sp³-hybridized carbons (Fsp3) is 0.500. The Labute approximate surface area is 188 Å². The van der Waals surface area contributed by atoms with Crippen molar-refractivity contribution in [3.8, 4) is 0 Å². The van der Waals surface area contributed by atoms with E-state index in [-0.39, 0.29) is 29.7 Å². The number of nitrogens with zero attached hydrogens (tertiary/aromatic N) is 5. The molecule has 1 N–H and O–H groups in total. The SMILES string of the molecule is CCNC(=NCc1cccc(C)n1)N1CCN(S(=O)(=O)Cc2ccon2)CC1.I. The summed E-state index contributed by atoms with van der Waals surface area (Å²) in [6.07, 6.45) is 1.38. The molecule has 0 aliphatic carbocycles. The van der Waals surface area contributed by atoms with E-state index in [1.165, 1.54) is 10.6 Å². The van der Waals surface area contributed by atoms with Gasteiger partial charge < -0.3 is 14.7 Å². The van der Waals surface area contributed by atoms with Crippen LogP contribution in [0.5, 0.6) is 0 Å². The van der Waals surface area contributed by atoms with Crippen LogP contribution in [0.4, 0.5) is 0 Å². The van der Waals surface area contributed by atoms with E-state index in [4.69, 9.17) is 4.52 Å². The molecule has 3 rings (SSSR count). The number of piperazine rings is 1. The second-order valence-corrected chi connectivity index (χ2v) is 8.54. The molecule has 1 aliphatic rings. The van der Waals surface area contributed by atoms with Crippen molar-refractivity contribution >= 4 is 40.0 Å². The van der Waals surface area contributed by atoms with Crippen molar-refractivity contribution in [1.29, 1.82) is 0 Å². The van der Waals surface area contributed by atoms with Gasteiger partial charge in [-0.1, -0.05) is 11.2 Å². The number of guanidine groups is 1. The van der Waals surface area contributed by atoms with Crippen LogP contribution in [0, 0.1) is 6.92 Å². The van der Waals surface area contributed by atoms with Gasteiger partial charge in [0.25, 0.3) is 0 Å². The van der Waals surface area contributed by atoms with Gasteiger partial charge in [0.15, 0.2) is 5.96 Å². The third-order valence-corrected chi connectivity index (χ3v) is 6.24. The van der Waals surface area contributed by atoms with E-state index in [2.05, 4.69) is 25.3 Å². The van der Waals surface area contributed by atoms with Crippen LogP contribution in [-0.2, 0) is 22.3 Å². The van der Waals surface area contributed by atoms with Crippen LogP contribution in [0.15, 0.2) is 40.0 Å². The predicted molar refractivity (Wildman–Crippen MR) is 121 cm³/mol. The number of rotatable bonds is 6. The van der Waals surface area contributed by atoms with E-state index in [0.717, 1.165) is 23.9 Å². The lowest BCUT2D eigenvalue weighted by Crippen LogP contribution is -2.53. The van der Waals surface area contributed by atoms with E-state index < -0.39 is 10.0 Å². The Bertz CT molecular complexity index is 896. The summed E-state index contributed by atoms with van der Waals surface area (Å²) in [5, 5.41) is 6.98. The number of sulfonamides is 1. The summed E-state index contributed by atoms with van der Waals surface area (Å²) in [4.78, 5) is 11.2. The van der Waals surface area contributed by atoms with E-state index in [1.54, 1.807) is 6.07 Å². The summed E-state index contributed by atoms with van der Waals surface area (Å²) in [7, 11) is -3.41. The Balaban J connectivity index is 0.00000300. The molecule has 1 saturated heterocycles. The molecule has 1 aliphatic heterocycles. The summed E-state index contributed by atoms with van der Waals surface area (Å²) in [6.45, 7) is 7.16. The van der Waals surface area contributed by atoms with Crippen molar-refractivity contribution < 1.29 is 12.9 Å². The summed E-state index contributed by atoms with van der Waals surface area (Å²) in [5.41, 5.74) is 2.29. The molecular weight excluding hydrogens is 507 g/mol. The highest BCUT2D eigenvalue weighted by Crippen LogP contribution is 2.13. The summed E-state index contributed by atoms with van der Waals surface area (Å²) in [5.74, 6) is 0.635. The molecule has 0 radical (unpaired) electrons. The number of aryl methyl sites for hydroxylation is 1. The van der Waals surface area contributed by atoms with Crippen molar-refractivity contribution in [1.82, 2.24) is 24.7 Å². The minimum absolute atomic E-state index is 0. The predicted octanol–water partition coefficient (Wildman–Crippen LogP) is 1.61. The van der Waals surface area contributed by atoms with Crippen LogP contribution in [0.2, 0.25) is 0 Å². The summed E-state index contributed by atoms with van der Waals surface area (Å²) < 4.78 is 31.4. The Morgan fingerprint density at radius 1 is 1.21 bits per heavy atom. The van der Waals surface area contributed by atoms with E-state index in [0.29, 0.717) is 38.4 Å². The molecule has 2 aromatic heterocycles. The molecular formula is C18H27IN6O3S. The number of hydrogen-bond acceptors (Lipinski definition) is 6. The highest BCUT2D eigenvalue weighted by Gasteiger charge is 2.29. The lowest BCUT2D eigenvalue weighted by atomic mass is 10.3. The van der Waals surface area contributed by atoms with Gasteiger partial charge in [0.05, 0.1) is 17.9 Å². The first-order chi connectivity index (χ1) is 13.5. The molecule has 1 fully saturated rings. The average molecular weight is 534 g/mol. The largest absolute Gasteiger partial charge is 0.364 e. The highest BCUT2D eigenvalue weighted by molar-refractivity contribution is 14.0. The van der Waals surface area contributed by atoms with Gasteiger partial charge in [-0.25, -0.2) is 13.4 Å². The number of aliphatic imine (C=N–C) groups is 1. The van der Waals surface area contributed by atoms with E-state index in [1.807, 2.05) is 32.0 Å². The molecule has 3 heterocycles. The molecule has 160 valence electrons. The molecule has 0 unspecified atom stereocenters. The van der Waals surface area contributed by atoms with Crippen molar-refractivity contribution in [2.75, 3.05) is 32.7 Å². The Kier molecular flexibility index (Phi) is 8.83. The topological polar surface area (TPSA) is 104 Å². The molecule has 11 heteroatoms. The Morgan fingerprint density at radius 3 is 2.59 bits per heavy atom. The smallest absolute Gasteiger partial charge is 0.220 e. The number of nitrogens with one attached hydrogen (secondary N) is 1. The van der Waals surface area contributed by atoms with Crippen LogP contribution in [0.1, 0.15) is 24.0 Å². The number of pyridine rings is 1. The maximum Gasteiger partial charge on any atom is 0.220 e. The normalized spacial score (nSPS) is 15.8. The first-order valence-electron chi connectivity index (χ1n) is 9.31. The van der Waals surface area contributed by atoms with Crippen LogP contribution in [0.3, 0.4) is 0 Å². The lowest BCUT2D eigenvalue weighted by Gasteiger charge is -2.35. The molecule has 9 nitrogen and oxygen atoms in total. The molecule has 2 aromatic rings. The molecule has 0 bridgehead atoms. The molecule has 0 saturated carbocycles. The van der Waals surface area contributed by atoms with Crippen molar-refractivity contribution in [3.63, 3.8) is 0 Å². The number of halogens is 1. The average Bonchev–Trinajstić information content (AvgIpc) is 3.17. The van der Waals surface area contributed by atoms with Gasteiger partial charge in [-0.15, -0.1) is 24.0 Å². The zero-order valence-corrected chi connectivity index (χ0v) is 19.8. The fourth-order valence-corrected chi connectivity index (χ4v) is 4.46. The minimum Gasteiger partial charge on any atom is -0.364 e. The van der Waals surface area contributed by atoms with Gasteiger partial charge in [-0.3, -0.25) is 4.98 Å². The molecule has 0 amide bonds. The lowest BCUT2D eigenvalue weighted by molar-refractivity contribution is 0.259. The van der Waals surface area contributed by atoms with Gasteiger partial charge in [0, 0.05) is 44.5 Å². The molecule has 0 spiro atoms. The standard InChI is InChI=1S/C18H26N6O3S.HI/c1-3-19-18(20-13-16-6-4-5-15(2)21-16)23-8-10-24(11-9-23)28(25,26)14-17-7-12-27-22-17;/h4-7,12H,3,8-11,13-14H2,1-2H3,(H,19,20);1H. The zero-order chi connectivity index (χ0) is 20.0. The second-order valence-electron chi connectivity index (χ2n) is 6.57. The first kappa shape index (κ1) is 23.5. The van der Waals surface area contributed by atoms with Crippen LogP contribution in [-0.4, -0.2) is 66.4 Å². The first-order valence-corrected chi connectivity index (χ1v) is 10.9. The molecule has 29 heavy (non-hydrogen) atoms. The van der Waals surface area contributed by atoms with Gasteiger partial charge in [0.2, 0.25) is 10.0 Å². The quantitative estimate of drug-likeness (QED) is 0.341. The van der Waals surface area contributed by atoms with Crippen molar-refractivity contribution in [3.05, 3.63) is 47.6 Å². The van der Waals surface area contributed by atoms with Crippen molar-refractivity contribution in [2.45, 2.75) is 26.1 Å². The van der Waals surface area contributed by atoms with Gasteiger partial charge in [0.1, 0.15) is 12.0 Å². The Hall–Kier alpha value is -1.73. The van der Waals surface area contributed by atoms with Gasteiger partial charge in [-0.2, -0.15) is 4.31 Å². The van der Waals surface area contributed by atoms with Crippen LogP contribution < -0.4 is 5.32 Å². The minimum atomic E-state index is -3.41. The summed E-state index contributed by atoms with van der Waals surface area (Å²) >= 11 is 0. The zero-order valence-electron chi connectivity index (χ0n) is 16.6. The van der Waals surface area contributed by atoms with Crippen LogP contribution >= 0.6 is 24.0 Å². The second kappa shape index (κ2) is 10.9. The molecule has 0 atom stereocenters. The van der Waals surface area contributed by atoms with E-state index in [9.17, 15) is 8.42 Å². The molecule has 0 aromatic carbocycles. The highest BCUT2D eigenvalue weighted by atomic mass is 127. The Morgan fingerprint density at radius 2 is 1.97 bits per heavy atom. The van der Waals surface area contributed by atoms with E-state index >= 15 is 0 Å². The third-order valence-electron chi connectivity index (χ3n) is 4.42. The van der Waals surface area contributed by atoms with Gasteiger partial charge in [-0.05, 0) is 26.0 Å². The maximum atomic E-state index is 12.6. The third kappa shape index (κ3) is 6.64.